The standard InChI is InChI=1S/C17H23N3O4/c1-3-24-15-6-4-14(5-7-15)20-11-13(10-16(20)22)17(23)19-9-8-18-12(2)21/h4-7,13H,3,8-11H2,1-2H3,(H,18,21)(H,19,23)/t13-/m1/s1. The number of carbonyl (C=O) groups excluding carboxylic acids is 3. The van der Waals surface area contributed by atoms with Crippen LogP contribution in [-0.2, 0) is 14.4 Å². The van der Waals surface area contributed by atoms with Gasteiger partial charge in [0.25, 0.3) is 0 Å². The second kappa shape index (κ2) is 8.33. The van der Waals surface area contributed by atoms with E-state index in [-0.39, 0.29) is 30.1 Å². The van der Waals surface area contributed by atoms with Crippen molar-refractivity contribution >= 4 is 23.4 Å². The molecule has 1 aliphatic heterocycles. The zero-order valence-electron chi connectivity index (χ0n) is 14.0. The lowest BCUT2D eigenvalue weighted by molar-refractivity contribution is -0.126. The van der Waals surface area contributed by atoms with Crippen molar-refractivity contribution < 1.29 is 19.1 Å². The Bertz CT molecular complexity index is 600. The molecule has 7 nitrogen and oxygen atoms in total. The Morgan fingerprint density at radius 2 is 1.88 bits per heavy atom. The van der Waals surface area contributed by atoms with Crippen LogP contribution in [0, 0.1) is 5.92 Å². The second-order valence-electron chi connectivity index (χ2n) is 5.61. The third-order valence-electron chi connectivity index (χ3n) is 3.75. The summed E-state index contributed by atoms with van der Waals surface area (Å²) in [5, 5.41) is 5.35. The van der Waals surface area contributed by atoms with E-state index in [1.165, 1.54) is 6.92 Å². The van der Waals surface area contributed by atoms with Crippen LogP contribution in [0.5, 0.6) is 5.75 Å². The highest BCUT2D eigenvalue weighted by molar-refractivity contribution is 6.00. The molecule has 0 aliphatic carbocycles. The Kier molecular flexibility index (Phi) is 6.17. The number of benzene rings is 1. The molecule has 3 amide bonds. The van der Waals surface area contributed by atoms with E-state index in [4.69, 9.17) is 4.74 Å². The second-order valence-corrected chi connectivity index (χ2v) is 5.61. The lowest BCUT2D eigenvalue weighted by Crippen LogP contribution is -2.37. The summed E-state index contributed by atoms with van der Waals surface area (Å²) < 4.78 is 5.38. The highest BCUT2D eigenvalue weighted by Crippen LogP contribution is 2.26. The van der Waals surface area contributed by atoms with Gasteiger partial charge in [0.15, 0.2) is 0 Å². The first kappa shape index (κ1) is 17.8. The molecular formula is C17H23N3O4. The molecule has 1 saturated heterocycles. The van der Waals surface area contributed by atoms with Crippen molar-refractivity contribution in [1.29, 1.82) is 0 Å². The van der Waals surface area contributed by atoms with Gasteiger partial charge in [0.05, 0.1) is 12.5 Å². The van der Waals surface area contributed by atoms with Gasteiger partial charge in [-0.25, -0.2) is 0 Å². The molecule has 24 heavy (non-hydrogen) atoms. The van der Waals surface area contributed by atoms with Crippen molar-refractivity contribution in [3.05, 3.63) is 24.3 Å². The third-order valence-corrected chi connectivity index (χ3v) is 3.75. The molecule has 130 valence electrons. The maximum Gasteiger partial charge on any atom is 0.227 e. The number of hydrogen-bond acceptors (Lipinski definition) is 4. The van der Waals surface area contributed by atoms with Crippen LogP contribution in [0.25, 0.3) is 0 Å². The van der Waals surface area contributed by atoms with Gasteiger partial charge in [-0.15, -0.1) is 0 Å². The van der Waals surface area contributed by atoms with Crippen molar-refractivity contribution in [3.63, 3.8) is 0 Å². The SMILES string of the molecule is CCOc1ccc(N2C[C@H](C(=O)NCCNC(C)=O)CC2=O)cc1. The molecule has 2 N–H and O–H groups in total. The maximum absolute atomic E-state index is 12.2. The zero-order valence-corrected chi connectivity index (χ0v) is 14.0. The van der Waals surface area contributed by atoms with Gasteiger partial charge in [-0.3, -0.25) is 14.4 Å². The van der Waals surface area contributed by atoms with Crippen LogP contribution in [0.4, 0.5) is 5.69 Å². The van der Waals surface area contributed by atoms with E-state index in [0.717, 1.165) is 11.4 Å². The van der Waals surface area contributed by atoms with Crippen molar-refractivity contribution in [2.75, 3.05) is 31.1 Å². The van der Waals surface area contributed by atoms with Gasteiger partial charge in [-0.05, 0) is 31.2 Å². The van der Waals surface area contributed by atoms with E-state index < -0.39 is 0 Å². The summed E-state index contributed by atoms with van der Waals surface area (Å²) in [6.07, 6.45) is 0.194. The Labute approximate surface area is 141 Å². The first-order chi connectivity index (χ1) is 11.5. The maximum atomic E-state index is 12.2. The number of hydrogen-bond donors (Lipinski definition) is 2. The highest BCUT2D eigenvalue weighted by atomic mass is 16.5. The van der Waals surface area contributed by atoms with E-state index in [2.05, 4.69) is 10.6 Å². The third kappa shape index (κ3) is 4.71. The van der Waals surface area contributed by atoms with Gasteiger partial charge in [0, 0.05) is 38.7 Å². The quantitative estimate of drug-likeness (QED) is 0.719. The number of amides is 3. The molecule has 1 atom stereocenters. The fraction of sp³-hybridized carbons (Fsp3) is 0.471. The molecule has 0 spiro atoms. The van der Waals surface area contributed by atoms with E-state index >= 15 is 0 Å². The van der Waals surface area contributed by atoms with Crippen LogP contribution in [0.1, 0.15) is 20.3 Å². The molecule has 1 heterocycles. The molecular weight excluding hydrogens is 310 g/mol. The number of ether oxygens (including phenoxy) is 1. The molecule has 0 aromatic heterocycles. The van der Waals surface area contributed by atoms with E-state index in [1.54, 1.807) is 4.90 Å². The number of anilines is 1. The van der Waals surface area contributed by atoms with Crippen LogP contribution in [0.15, 0.2) is 24.3 Å². The smallest absolute Gasteiger partial charge is 0.227 e. The molecule has 1 aromatic rings. The topological polar surface area (TPSA) is 87.7 Å². The van der Waals surface area contributed by atoms with Gasteiger partial charge in [0.1, 0.15) is 5.75 Å². The van der Waals surface area contributed by atoms with E-state index in [9.17, 15) is 14.4 Å². The number of carbonyl (C=O) groups is 3. The molecule has 0 bridgehead atoms. The van der Waals surface area contributed by atoms with Gasteiger partial charge in [0.2, 0.25) is 17.7 Å². The summed E-state index contributed by atoms with van der Waals surface area (Å²) >= 11 is 0. The molecule has 0 radical (unpaired) electrons. The van der Waals surface area contributed by atoms with Gasteiger partial charge >= 0.3 is 0 Å². The molecule has 0 saturated carbocycles. The first-order valence-electron chi connectivity index (χ1n) is 8.06. The first-order valence-corrected chi connectivity index (χ1v) is 8.06. The van der Waals surface area contributed by atoms with Crippen LogP contribution in [0.3, 0.4) is 0 Å². The average Bonchev–Trinajstić information content (AvgIpc) is 2.94. The lowest BCUT2D eigenvalue weighted by atomic mass is 10.1. The monoisotopic (exact) mass is 333 g/mol. The molecule has 0 unspecified atom stereocenters. The number of nitrogens with one attached hydrogen (secondary N) is 2. The number of rotatable bonds is 7. The summed E-state index contributed by atoms with van der Waals surface area (Å²) in [5.74, 6) is 0.00633. The Morgan fingerprint density at radius 1 is 1.21 bits per heavy atom. The normalized spacial score (nSPS) is 16.8. The van der Waals surface area contributed by atoms with Crippen LogP contribution < -0.4 is 20.3 Å². The number of nitrogens with zero attached hydrogens (tertiary/aromatic N) is 1. The summed E-state index contributed by atoms with van der Waals surface area (Å²) in [6, 6.07) is 7.26. The fourth-order valence-electron chi connectivity index (χ4n) is 2.59. The minimum atomic E-state index is -0.374. The largest absolute Gasteiger partial charge is 0.494 e. The van der Waals surface area contributed by atoms with Crippen molar-refractivity contribution in [3.8, 4) is 5.75 Å². The fourth-order valence-corrected chi connectivity index (χ4v) is 2.59. The summed E-state index contributed by atoms with van der Waals surface area (Å²) in [6.45, 7) is 5.01. The molecule has 1 aliphatic rings. The Balaban J connectivity index is 1.88. The summed E-state index contributed by atoms with van der Waals surface area (Å²) in [4.78, 5) is 36.7. The predicted octanol–water partition coefficient (Wildman–Crippen LogP) is 0.690. The van der Waals surface area contributed by atoms with Crippen LogP contribution in [0.2, 0.25) is 0 Å². The minimum Gasteiger partial charge on any atom is -0.494 e. The summed E-state index contributed by atoms with van der Waals surface area (Å²) in [7, 11) is 0. The molecule has 2 rings (SSSR count). The predicted molar refractivity (Wildman–Crippen MR) is 89.8 cm³/mol. The van der Waals surface area contributed by atoms with Crippen LogP contribution >= 0.6 is 0 Å². The van der Waals surface area contributed by atoms with Crippen molar-refractivity contribution in [1.82, 2.24) is 10.6 Å². The van der Waals surface area contributed by atoms with Gasteiger partial charge in [-0.2, -0.15) is 0 Å². The summed E-state index contributed by atoms with van der Waals surface area (Å²) in [5.41, 5.74) is 0.761. The molecule has 1 fully saturated rings. The van der Waals surface area contributed by atoms with Gasteiger partial charge < -0.3 is 20.3 Å². The van der Waals surface area contributed by atoms with Gasteiger partial charge in [-0.1, -0.05) is 0 Å². The van der Waals surface area contributed by atoms with E-state index in [0.29, 0.717) is 26.2 Å². The lowest BCUT2D eigenvalue weighted by Gasteiger charge is -2.17. The highest BCUT2D eigenvalue weighted by Gasteiger charge is 2.34. The Morgan fingerprint density at radius 3 is 2.50 bits per heavy atom. The molecule has 1 aromatic carbocycles. The Hall–Kier alpha value is -2.57. The zero-order chi connectivity index (χ0) is 17.5. The minimum absolute atomic E-state index is 0.0684. The van der Waals surface area contributed by atoms with Crippen LogP contribution in [-0.4, -0.2) is 44.0 Å². The molecule has 7 heteroatoms. The average molecular weight is 333 g/mol. The van der Waals surface area contributed by atoms with Crippen molar-refractivity contribution in [2.24, 2.45) is 5.92 Å². The van der Waals surface area contributed by atoms with Crippen molar-refractivity contribution in [2.45, 2.75) is 20.3 Å². The van der Waals surface area contributed by atoms with E-state index in [1.807, 2.05) is 31.2 Å².